The van der Waals surface area contributed by atoms with Gasteiger partial charge in [-0.25, -0.2) is 0 Å². The molecule has 0 heterocycles. The lowest BCUT2D eigenvalue weighted by molar-refractivity contribution is 0.0954. The van der Waals surface area contributed by atoms with Gasteiger partial charge in [-0.1, -0.05) is 12.1 Å². The molecule has 0 spiro atoms. The Kier molecular flexibility index (Phi) is 5.47. The molecule has 0 saturated heterocycles. The number of ketones is 1. The van der Waals surface area contributed by atoms with E-state index >= 15 is 0 Å². The highest BCUT2D eigenvalue weighted by molar-refractivity contribution is 6.05. The zero-order valence-electron chi connectivity index (χ0n) is 14.0. The molecule has 0 saturated carbocycles. The van der Waals surface area contributed by atoms with Crippen LogP contribution in [-0.2, 0) is 0 Å². The van der Waals surface area contributed by atoms with E-state index in [1.807, 2.05) is 13.8 Å². The molecule has 0 aliphatic heterocycles. The van der Waals surface area contributed by atoms with Gasteiger partial charge in [0.2, 0.25) is 0 Å². The Balaban J connectivity index is 2.14. The van der Waals surface area contributed by atoms with Gasteiger partial charge in [0.15, 0.2) is 5.78 Å². The number of benzene rings is 2. The molecular formula is C19H20N2O3. The molecule has 2 aromatic carbocycles. The number of carbonyl (C=O) groups is 3. The molecule has 0 aliphatic carbocycles. The Labute approximate surface area is 141 Å². The highest BCUT2D eigenvalue weighted by Crippen LogP contribution is 2.18. The summed E-state index contributed by atoms with van der Waals surface area (Å²) in [5, 5.41) is 5.55. The second-order valence-electron chi connectivity index (χ2n) is 5.48. The number of carbonyl (C=O) groups excluding carboxylic acids is 3. The van der Waals surface area contributed by atoms with Gasteiger partial charge in [-0.2, -0.15) is 0 Å². The fourth-order valence-electron chi connectivity index (χ4n) is 2.26. The summed E-state index contributed by atoms with van der Waals surface area (Å²) in [6.45, 7) is 5.73. The molecule has 0 unspecified atom stereocenters. The summed E-state index contributed by atoms with van der Waals surface area (Å²) in [5.41, 5.74) is 3.02. The van der Waals surface area contributed by atoms with E-state index in [2.05, 4.69) is 10.6 Å². The number of amides is 2. The number of anilines is 1. The lowest BCUT2D eigenvalue weighted by atomic mass is 10.1. The summed E-state index contributed by atoms with van der Waals surface area (Å²) < 4.78 is 0. The van der Waals surface area contributed by atoms with Gasteiger partial charge in [0.25, 0.3) is 11.8 Å². The van der Waals surface area contributed by atoms with Gasteiger partial charge in [0.05, 0.1) is 0 Å². The van der Waals surface area contributed by atoms with E-state index in [9.17, 15) is 14.4 Å². The average molecular weight is 324 g/mol. The fourth-order valence-corrected chi connectivity index (χ4v) is 2.26. The molecule has 5 heteroatoms. The Morgan fingerprint density at radius 1 is 0.875 bits per heavy atom. The first-order valence-electron chi connectivity index (χ1n) is 7.73. The zero-order valence-corrected chi connectivity index (χ0v) is 14.0. The quantitative estimate of drug-likeness (QED) is 0.829. The summed E-state index contributed by atoms with van der Waals surface area (Å²) in [7, 11) is 0. The zero-order chi connectivity index (χ0) is 17.7. The van der Waals surface area contributed by atoms with Gasteiger partial charge in [0.1, 0.15) is 0 Å². The molecule has 0 atom stereocenters. The highest BCUT2D eigenvalue weighted by atomic mass is 16.2. The third kappa shape index (κ3) is 4.07. The van der Waals surface area contributed by atoms with E-state index < -0.39 is 0 Å². The van der Waals surface area contributed by atoms with Crippen molar-refractivity contribution in [2.75, 3.05) is 11.9 Å². The van der Waals surface area contributed by atoms with Gasteiger partial charge >= 0.3 is 0 Å². The molecule has 5 nitrogen and oxygen atoms in total. The van der Waals surface area contributed by atoms with Crippen molar-refractivity contribution in [1.29, 1.82) is 0 Å². The summed E-state index contributed by atoms with van der Waals surface area (Å²) in [6.07, 6.45) is 0. The smallest absolute Gasteiger partial charge is 0.255 e. The van der Waals surface area contributed by atoms with Crippen molar-refractivity contribution >= 4 is 23.3 Å². The van der Waals surface area contributed by atoms with Crippen LogP contribution in [0.1, 0.15) is 50.5 Å². The van der Waals surface area contributed by atoms with Crippen LogP contribution in [0.4, 0.5) is 5.69 Å². The second-order valence-corrected chi connectivity index (χ2v) is 5.48. The molecule has 0 aromatic heterocycles. The minimum atomic E-state index is -0.265. The molecule has 2 N–H and O–H groups in total. The molecule has 0 radical (unpaired) electrons. The first-order valence-corrected chi connectivity index (χ1v) is 7.73. The molecule has 2 rings (SSSR count). The van der Waals surface area contributed by atoms with Crippen LogP contribution in [0.15, 0.2) is 42.5 Å². The fraction of sp³-hybridized carbons (Fsp3) is 0.211. The first-order chi connectivity index (χ1) is 11.4. The predicted molar refractivity (Wildman–Crippen MR) is 93.6 cm³/mol. The van der Waals surface area contributed by atoms with Crippen LogP contribution in [0.25, 0.3) is 0 Å². The number of Topliss-reactive ketones (excluding diaryl/α,β-unsaturated/α-hetero) is 1. The predicted octanol–water partition coefficient (Wildman–Crippen LogP) is 3.20. The molecule has 124 valence electrons. The average Bonchev–Trinajstić information content (AvgIpc) is 2.56. The second kappa shape index (κ2) is 7.55. The minimum absolute atomic E-state index is 0.0428. The lowest BCUT2D eigenvalue weighted by Gasteiger charge is -2.10. The largest absolute Gasteiger partial charge is 0.352 e. The Bertz CT molecular complexity index is 780. The number of hydrogen-bond acceptors (Lipinski definition) is 3. The molecule has 24 heavy (non-hydrogen) atoms. The van der Waals surface area contributed by atoms with Crippen LogP contribution >= 0.6 is 0 Å². The van der Waals surface area contributed by atoms with E-state index in [1.165, 1.54) is 6.92 Å². The first kappa shape index (κ1) is 17.4. The maximum atomic E-state index is 12.3. The van der Waals surface area contributed by atoms with Crippen LogP contribution < -0.4 is 10.6 Å². The number of hydrogen-bond donors (Lipinski definition) is 2. The summed E-state index contributed by atoms with van der Waals surface area (Å²) >= 11 is 0. The van der Waals surface area contributed by atoms with Crippen molar-refractivity contribution in [1.82, 2.24) is 5.32 Å². The van der Waals surface area contributed by atoms with Crippen molar-refractivity contribution in [3.8, 4) is 0 Å². The van der Waals surface area contributed by atoms with E-state index in [0.29, 0.717) is 28.9 Å². The van der Waals surface area contributed by atoms with Gasteiger partial charge < -0.3 is 10.6 Å². The van der Waals surface area contributed by atoms with Crippen molar-refractivity contribution < 1.29 is 14.4 Å². The number of nitrogens with one attached hydrogen (secondary N) is 2. The van der Waals surface area contributed by atoms with Crippen LogP contribution in [0.2, 0.25) is 0 Å². The van der Waals surface area contributed by atoms with Crippen LogP contribution in [0.3, 0.4) is 0 Å². The third-order valence-electron chi connectivity index (χ3n) is 3.63. The molecule has 0 bridgehead atoms. The van der Waals surface area contributed by atoms with Crippen molar-refractivity contribution in [2.45, 2.75) is 20.8 Å². The van der Waals surface area contributed by atoms with Crippen molar-refractivity contribution in [2.24, 2.45) is 0 Å². The maximum Gasteiger partial charge on any atom is 0.255 e. The van der Waals surface area contributed by atoms with Gasteiger partial charge in [0, 0.05) is 28.9 Å². The van der Waals surface area contributed by atoms with E-state index in [0.717, 1.165) is 5.56 Å². The summed E-state index contributed by atoms with van der Waals surface area (Å²) in [5.74, 6) is -0.448. The Morgan fingerprint density at radius 3 is 2.00 bits per heavy atom. The maximum absolute atomic E-state index is 12.3. The molecule has 0 fully saturated rings. The summed E-state index contributed by atoms with van der Waals surface area (Å²) in [4.78, 5) is 35.4. The van der Waals surface area contributed by atoms with Gasteiger partial charge in [-0.05, 0) is 56.7 Å². The Morgan fingerprint density at radius 2 is 1.46 bits per heavy atom. The topological polar surface area (TPSA) is 75.3 Å². The van der Waals surface area contributed by atoms with Crippen molar-refractivity contribution in [3.05, 3.63) is 64.7 Å². The third-order valence-corrected chi connectivity index (χ3v) is 3.63. The van der Waals surface area contributed by atoms with E-state index in [1.54, 1.807) is 42.5 Å². The standard InChI is InChI=1S/C19H20N2O3/c1-4-20-18(23)16-9-10-17(12(2)11-16)21-19(24)15-7-5-14(6-8-15)13(3)22/h5-11H,4H2,1-3H3,(H,20,23)(H,21,24). The normalized spacial score (nSPS) is 10.1. The summed E-state index contributed by atoms with van der Waals surface area (Å²) in [6, 6.07) is 11.6. The molecule has 2 aromatic rings. The molecule has 2 amide bonds. The molecular weight excluding hydrogens is 304 g/mol. The number of rotatable bonds is 5. The minimum Gasteiger partial charge on any atom is -0.352 e. The SMILES string of the molecule is CCNC(=O)c1ccc(NC(=O)c2ccc(C(C)=O)cc2)c(C)c1. The van der Waals surface area contributed by atoms with Crippen LogP contribution in [0, 0.1) is 6.92 Å². The van der Waals surface area contributed by atoms with Gasteiger partial charge in [-0.3, -0.25) is 14.4 Å². The van der Waals surface area contributed by atoms with Crippen molar-refractivity contribution in [3.63, 3.8) is 0 Å². The van der Waals surface area contributed by atoms with E-state index in [4.69, 9.17) is 0 Å². The highest BCUT2D eigenvalue weighted by Gasteiger charge is 2.11. The van der Waals surface area contributed by atoms with Crippen LogP contribution in [-0.4, -0.2) is 24.1 Å². The van der Waals surface area contributed by atoms with Crippen LogP contribution in [0.5, 0.6) is 0 Å². The lowest BCUT2D eigenvalue weighted by Crippen LogP contribution is -2.22. The molecule has 0 aliphatic rings. The monoisotopic (exact) mass is 324 g/mol. The Hall–Kier alpha value is -2.95. The van der Waals surface area contributed by atoms with Gasteiger partial charge in [-0.15, -0.1) is 0 Å². The van der Waals surface area contributed by atoms with E-state index in [-0.39, 0.29) is 17.6 Å². The number of aryl methyl sites for hydroxylation is 1.